The number of aromatic hydroxyl groups is 1. The fourth-order valence-electron chi connectivity index (χ4n) is 6.60. The molecule has 0 unspecified atom stereocenters. The maximum Gasteiger partial charge on any atom is 0.326 e. The number of rotatable bonds is 22. The lowest BCUT2D eigenvalue weighted by atomic mass is 10.0. The van der Waals surface area contributed by atoms with Gasteiger partial charge in [-0.1, -0.05) is 56.3 Å². The van der Waals surface area contributed by atoms with Crippen LogP contribution in [0.5, 0.6) is 5.75 Å². The zero-order valence-electron chi connectivity index (χ0n) is 34.2. The Hall–Kier alpha value is -5.20. The van der Waals surface area contributed by atoms with Crippen molar-refractivity contribution in [3.05, 3.63) is 65.7 Å². The van der Waals surface area contributed by atoms with E-state index in [1.54, 1.807) is 42.5 Å². The van der Waals surface area contributed by atoms with E-state index < -0.39 is 89.8 Å². The van der Waals surface area contributed by atoms with Gasteiger partial charge in [0.1, 0.15) is 42.0 Å². The van der Waals surface area contributed by atoms with Crippen LogP contribution in [0.25, 0.3) is 0 Å². The molecule has 0 saturated carbocycles. The Balaban J connectivity index is 1.79. The number of amides is 6. The predicted molar refractivity (Wildman–Crippen MR) is 222 cm³/mol. The van der Waals surface area contributed by atoms with Crippen molar-refractivity contribution >= 4 is 53.2 Å². The Labute approximate surface area is 349 Å². The number of carboxylic acid groups (broad SMARTS) is 1. The lowest BCUT2D eigenvalue weighted by molar-refractivity contribution is -0.145. The Kier molecular flexibility index (Phi) is 19.1. The zero-order chi connectivity index (χ0) is 43.8. The molecule has 2 aromatic rings. The minimum atomic E-state index is -1.60. The molecule has 324 valence electrons. The summed E-state index contributed by atoms with van der Waals surface area (Å²) >= 11 is 1.51. The van der Waals surface area contributed by atoms with Crippen LogP contribution < -0.4 is 32.3 Å². The molecule has 17 nitrogen and oxygen atoms in total. The number of nitrogens with zero attached hydrogens (tertiary/aromatic N) is 1. The summed E-state index contributed by atoms with van der Waals surface area (Å²) in [5.74, 6) is -4.91. The van der Waals surface area contributed by atoms with Gasteiger partial charge in [-0.05, 0) is 80.7 Å². The van der Waals surface area contributed by atoms with Gasteiger partial charge in [-0.15, -0.1) is 0 Å². The van der Waals surface area contributed by atoms with E-state index in [1.165, 1.54) is 42.6 Å². The third kappa shape index (κ3) is 15.2. The first-order valence-electron chi connectivity index (χ1n) is 19.7. The minimum Gasteiger partial charge on any atom is -0.508 e. The standard InChI is InChI=1S/C41H59N7O10S/c1-23(2)20-32(41(57)58)46-38(54)33-12-9-18-48(33)40(56)24(3)43-39(55)34(25(4)49)47-37(53)31(21-26-10-7-6-8-11-26)45-36(52)30(22-27-13-15-28(50)16-14-27)44-35(51)29(42)17-19-59-5/h6-8,10-11,13-16,23-25,29-34,49-50H,9,12,17-22,42H2,1-5H3,(H,43,55)(H,44,51)(H,45,52)(H,46,54)(H,47,53)(H,57,58)/t24-,25+,29-,30-,31-,32-,33-,34-/m0/s1. The number of aliphatic hydroxyl groups excluding tert-OH is 1. The molecule has 0 bridgehead atoms. The SMILES string of the molecule is CSCC[C@H](N)C(=O)N[C@@H](Cc1ccc(O)cc1)C(=O)N[C@@H](Cc1ccccc1)C(=O)N[C@H](C(=O)N[C@@H](C)C(=O)N1CCC[C@H]1C(=O)N[C@@H](CC(C)C)C(=O)O)[C@@H](C)O. The molecule has 0 aliphatic carbocycles. The highest BCUT2D eigenvalue weighted by atomic mass is 32.2. The Morgan fingerprint density at radius 1 is 0.780 bits per heavy atom. The molecule has 1 aliphatic rings. The smallest absolute Gasteiger partial charge is 0.326 e. The van der Waals surface area contributed by atoms with Crippen molar-refractivity contribution < 1.29 is 48.9 Å². The first kappa shape index (κ1) is 48.2. The lowest BCUT2D eigenvalue weighted by Gasteiger charge is -2.30. The maximum atomic E-state index is 14.0. The van der Waals surface area contributed by atoms with Gasteiger partial charge in [0.05, 0.1) is 12.1 Å². The Bertz CT molecular complexity index is 1750. The predicted octanol–water partition coefficient (Wildman–Crippen LogP) is 0.204. The molecule has 2 aromatic carbocycles. The average molecular weight is 842 g/mol. The number of likely N-dealkylation sites (tertiary alicyclic amines) is 1. The van der Waals surface area contributed by atoms with E-state index in [9.17, 15) is 48.9 Å². The number of carboxylic acids is 1. The first-order chi connectivity index (χ1) is 27.9. The molecular weight excluding hydrogens is 783 g/mol. The van der Waals surface area contributed by atoms with E-state index in [2.05, 4.69) is 26.6 Å². The number of aliphatic carboxylic acids is 1. The number of carbonyl (C=O) groups is 7. The third-order valence-electron chi connectivity index (χ3n) is 9.85. The number of hydrogen-bond donors (Lipinski definition) is 9. The van der Waals surface area contributed by atoms with Crippen LogP contribution >= 0.6 is 11.8 Å². The van der Waals surface area contributed by atoms with Gasteiger partial charge < -0.3 is 52.5 Å². The fraction of sp³-hybridized carbons (Fsp3) is 0.537. The minimum absolute atomic E-state index is 0.00349. The van der Waals surface area contributed by atoms with Crippen LogP contribution in [-0.2, 0) is 46.4 Å². The summed E-state index contributed by atoms with van der Waals surface area (Å²) in [6.07, 6.45) is 1.64. The summed E-state index contributed by atoms with van der Waals surface area (Å²) in [4.78, 5) is 94.5. The number of carbonyl (C=O) groups excluding carboxylic acids is 6. The second kappa shape index (κ2) is 23.4. The van der Waals surface area contributed by atoms with Crippen LogP contribution in [-0.4, -0.2) is 129 Å². The number of nitrogens with two attached hydrogens (primary N) is 1. The van der Waals surface area contributed by atoms with Gasteiger partial charge in [0.2, 0.25) is 35.4 Å². The summed E-state index contributed by atoms with van der Waals surface area (Å²) in [6.45, 7) is 6.49. The van der Waals surface area contributed by atoms with E-state index in [1.807, 2.05) is 20.1 Å². The lowest BCUT2D eigenvalue weighted by Crippen LogP contribution is -2.61. The molecule has 1 aliphatic heterocycles. The molecule has 0 radical (unpaired) electrons. The number of nitrogens with one attached hydrogen (secondary N) is 5. The second-order valence-electron chi connectivity index (χ2n) is 15.2. The monoisotopic (exact) mass is 841 g/mol. The highest BCUT2D eigenvalue weighted by Gasteiger charge is 2.39. The highest BCUT2D eigenvalue weighted by molar-refractivity contribution is 7.98. The zero-order valence-corrected chi connectivity index (χ0v) is 35.0. The van der Waals surface area contributed by atoms with Crippen LogP contribution in [0.4, 0.5) is 0 Å². The van der Waals surface area contributed by atoms with E-state index >= 15 is 0 Å². The van der Waals surface area contributed by atoms with Gasteiger partial charge in [0.25, 0.3) is 0 Å². The molecule has 59 heavy (non-hydrogen) atoms. The second-order valence-corrected chi connectivity index (χ2v) is 16.2. The number of aliphatic hydroxyl groups is 1. The van der Waals surface area contributed by atoms with Crippen molar-refractivity contribution in [3.8, 4) is 5.75 Å². The Morgan fingerprint density at radius 3 is 1.92 bits per heavy atom. The van der Waals surface area contributed by atoms with Crippen molar-refractivity contribution in [2.45, 2.75) is 115 Å². The quantitative estimate of drug-likeness (QED) is 0.0770. The fourth-order valence-corrected chi connectivity index (χ4v) is 7.09. The molecule has 8 atom stereocenters. The summed E-state index contributed by atoms with van der Waals surface area (Å²) in [5, 5.41) is 43.0. The molecular formula is C41H59N7O10S. The average Bonchev–Trinajstić information content (AvgIpc) is 3.69. The topological polar surface area (TPSA) is 270 Å². The van der Waals surface area contributed by atoms with Crippen molar-refractivity contribution in [1.29, 1.82) is 0 Å². The van der Waals surface area contributed by atoms with E-state index in [-0.39, 0.29) is 43.9 Å². The van der Waals surface area contributed by atoms with Gasteiger partial charge in [0.15, 0.2) is 0 Å². The molecule has 6 amide bonds. The van der Waals surface area contributed by atoms with Crippen molar-refractivity contribution in [2.24, 2.45) is 11.7 Å². The van der Waals surface area contributed by atoms with Crippen LogP contribution in [0.1, 0.15) is 64.5 Å². The summed E-state index contributed by atoms with van der Waals surface area (Å²) in [6, 6.07) is 6.41. The molecule has 1 heterocycles. The summed E-state index contributed by atoms with van der Waals surface area (Å²) < 4.78 is 0. The van der Waals surface area contributed by atoms with Crippen LogP contribution in [0.2, 0.25) is 0 Å². The number of phenols is 1. The summed E-state index contributed by atoms with van der Waals surface area (Å²) in [5.41, 5.74) is 7.34. The van der Waals surface area contributed by atoms with E-state index in [0.29, 0.717) is 29.7 Å². The molecule has 18 heteroatoms. The number of hydrogen-bond acceptors (Lipinski definition) is 11. The normalized spacial score (nSPS) is 17.4. The van der Waals surface area contributed by atoms with Crippen molar-refractivity contribution in [2.75, 3.05) is 18.6 Å². The third-order valence-corrected chi connectivity index (χ3v) is 10.5. The molecule has 1 saturated heterocycles. The van der Waals surface area contributed by atoms with Crippen molar-refractivity contribution in [1.82, 2.24) is 31.5 Å². The van der Waals surface area contributed by atoms with Gasteiger partial charge in [-0.25, -0.2) is 4.79 Å². The largest absolute Gasteiger partial charge is 0.508 e. The van der Waals surface area contributed by atoms with E-state index in [0.717, 1.165) is 0 Å². The van der Waals surface area contributed by atoms with Crippen LogP contribution in [0.3, 0.4) is 0 Å². The Morgan fingerprint density at radius 2 is 1.36 bits per heavy atom. The van der Waals surface area contributed by atoms with Gasteiger partial charge in [-0.2, -0.15) is 11.8 Å². The van der Waals surface area contributed by atoms with Gasteiger partial charge in [-0.3, -0.25) is 28.8 Å². The molecule has 0 aromatic heterocycles. The molecule has 10 N–H and O–H groups in total. The molecule has 0 spiro atoms. The van der Waals surface area contributed by atoms with Gasteiger partial charge in [0, 0.05) is 19.4 Å². The maximum absolute atomic E-state index is 14.0. The van der Waals surface area contributed by atoms with E-state index in [4.69, 9.17) is 5.73 Å². The highest BCUT2D eigenvalue weighted by Crippen LogP contribution is 2.20. The first-order valence-corrected chi connectivity index (χ1v) is 21.1. The van der Waals surface area contributed by atoms with Crippen molar-refractivity contribution in [3.63, 3.8) is 0 Å². The molecule has 1 fully saturated rings. The van der Waals surface area contributed by atoms with Crippen LogP contribution in [0, 0.1) is 5.92 Å². The molecule has 3 rings (SSSR count). The summed E-state index contributed by atoms with van der Waals surface area (Å²) in [7, 11) is 0. The number of benzene rings is 2. The van der Waals surface area contributed by atoms with Gasteiger partial charge >= 0.3 is 5.97 Å². The van der Waals surface area contributed by atoms with Crippen LogP contribution in [0.15, 0.2) is 54.6 Å². The number of phenolic OH excluding ortho intramolecular Hbond substituents is 1. The number of thioether (sulfide) groups is 1.